The molecule has 1 aromatic heterocycles. The molecule has 0 saturated carbocycles. The first-order chi connectivity index (χ1) is 8.58. The smallest absolute Gasteiger partial charge is 0.270 e. The van der Waals surface area contributed by atoms with E-state index in [0.29, 0.717) is 0 Å². The second-order valence-electron chi connectivity index (χ2n) is 3.15. The molecule has 1 aromatic carbocycles. The van der Waals surface area contributed by atoms with Gasteiger partial charge in [-0.15, -0.1) is 0 Å². The molecule has 0 radical (unpaired) electrons. The predicted octanol–water partition coefficient (Wildman–Crippen LogP) is -0.881. The minimum atomic E-state index is -0.609. The van der Waals surface area contributed by atoms with Crippen LogP contribution < -0.4 is 10.8 Å². The van der Waals surface area contributed by atoms with E-state index in [1.807, 2.05) is 0 Å². The molecule has 0 fully saturated rings. The maximum absolute atomic E-state index is 11.4. The first kappa shape index (κ1) is 11.4. The molecule has 10 heteroatoms. The maximum atomic E-state index is 11.4. The van der Waals surface area contributed by atoms with Gasteiger partial charge in [0.05, 0.1) is 11.1 Å². The summed E-state index contributed by atoms with van der Waals surface area (Å²) in [5, 5.41) is 35.7. The lowest BCUT2D eigenvalue weighted by molar-refractivity contribution is -0.385. The largest absolute Gasteiger partial charge is 0.872 e. The molecule has 0 spiro atoms. The van der Waals surface area contributed by atoms with Gasteiger partial charge in [0.2, 0.25) is 0 Å². The maximum Gasteiger partial charge on any atom is 0.270 e. The average Bonchev–Trinajstić information content (AvgIpc) is 2.73. The molecular weight excluding hydrogens is 242 g/mol. The lowest BCUT2D eigenvalue weighted by Crippen LogP contribution is -2.02. The molecular formula is C8H6N7O3-. The van der Waals surface area contributed by atoms with Crippen LogP contribution in [-0.2, 0) is 0 Å². The van der Waals surface area contributed by atoms with Crippen molar-refractivity contribution in [3.8, 4) is 5.75 Å². The summed E-state index contributed by atoms with van der Waals surface area (Å²) >= 11 is 0. The molecule has 0 aliphatic heterocycles. The van der Waals surface area contributed by atoms with Crippen LogP contribution in [0.1, 0.15) is 5.56 Å². The minimum absolute atomic E-state index is 0.0408. The van der Waals surface area contributed by atoms with E-state index in [-0.39, 0.29) is 17.2 Å². The Morgan fingerprint density at radius 1 is 1.50 bits per heavy atom. The number of nitrogens with zero attached hydrogens (tertiary/aromatic N) is 6. The first-order valence-electron chi connectivity index (χ1n) is 4.61. The third-order valence-corrected chi connectivity index (χ3v) is 1.99. The zero-order valence-corrected chi connectivity index (χ0v) is 8.79. The van der Waals surface area contributed by atoms with Crippen molar-refractivity contribution in [2.75, 3.05) is 5.73 Å². The van der Waals surface area contributed by atoms with Crippen molar-refractivity contribution >= 4 is 17.9 Å². The van der Waals surface area contributed by atoms with Gasteiger partial charge in [0.1, 0.15) is 0 Å². The zero-order valence-electron chi connectivity index (χ0n) is 8.79. The van der Waals surface area contributed by atoms with Gasteiger partial charge in [-0.25, -0.2) is 0 Å². The van der Waals surface area contributed by atoms with E-state index in [1.165, 1.54) is 0 Å². The van der Waals surface area contributed by atoms with Gasteiger partial charge in [-0.1, -0.05) is 21.7 Å². The number of anilines is 1. The van der Waals surface area contributed by atoms with E-state index in [9.17, 15) is 15.2 Å². The number of tetrazole rings is 1. The topological polar surface area (TPSA) is 148 Å². The fourth-order valence-electron chi connectivity index (χ4n) is 1.14. The molecule has 18 heavy (non-hydrogen) atoms. The van der Waals surface area contributed by atoms with Crippen molar-refractivity contribution < 1.29 is 10.0 Å². The highest BCUT2D eigenvalue weighted by molar-refractivity contribution is 5.84. The third kappa shape index (κ3) is 2.21. The van der Waals surface area contributed by atoms with Gasteiger partial charge in [-0.3, -0.25) is 10.1 Å². The number of nitrogen functional groups attached to an aromatic ring is 1. The number of nitro benzene ring substituents is 1. The summed E-state index contributed by atoms with van der Waals surface area (Å²) in [7, 11) is 0. The molecule has 1 heterocycles. The second-order valence-corrected chi connectivity index (χ2v) is 3.15. The molecule has 2 aromatic rings. The number of non-ortho nitro benzene ring substituents is 1. The summed E-state index contributed by atoms with van der Waals surface area (Å²) < 4.78 is 0. The van der Waals surface area contributed by atoms with E-state index in [2.05, 4.69) is 20.6 Å². The van der Waals surface area contributed by atoms with E-state index in [0.717, 1.165) is 29.2 Å². The van der Waals surface area contributed by atoms with E-state index in [4.69, 9.17) is 5.73 Å². The Morgan fingerprint density at radius 3 is 2.89 bits per heavy atom. The van der Waals surface area contributed by atoms with Gasteiger partial charge in [-0.05, 0) is 16.0 Å². The standard InChI is InChI=1S/C8H7N7O3/c9-8-11-12-13-14(8)10-4-5-3-6(15(17)18)1-2-7(5)16/h1-4,16H,(H2,9,11,13)/p-1. The Balaban J connectivity index is 2.34. The summed E-state index contributed by atoms with van der Waals surface area (Å²) in [4.78, 5) is 10.8. The van der Waals surface area contributed by atoms with Crippen molar-refractivity contribution in [3.63, 3.8) is 0 Å². The zero-order chi connectivity index (χ0) is 13.1. The number of hydrogen-bond acceptors (Lipinski definition) is 8. The molecule has 0 unspecified atom stereocenters. The Morgan fingerprint density at radius 2 is 2.28 bits per heavy atom. The predicted molar refractivity (Wildman–Crippen MR) is 57.8 cm³/mol. The highest BCUT2D eigenvalue weighted by Crippen LogP contribution is 2.19. The SMILES string of the molecule is Nc1nnnn1N=Cc1cc([N+](=O)[O-])ccc1[O-]. The molecule has 0 amide bonds. The molecule has 0 saturated heterocycles. The molecule has 0 aliphatic rings. The van der Waals surface area contributed by atoms with Crippen molar-refractivity contribution in [2.24, 2.45) is 5.10 Å². The van der Waals surface area contributed by atoms with Crippen LogP contribution >= 0.6 is 0 Å². The van der Waals surface area contributed by atoms with Gasteiger partial charge < -0.3 is 10.8 Å². The lowest BCUT2D eigenvalue weighted by Gasteiger charge is -2.08. The number of benzene rings is 1. The highest BCUT2D eigenvalue weighted by atomic mass is 16.6. The Hall–Kier alpha value is -3.04. The van der Waals surface area contributed by atoms with Gasteiger partial charge in [-0.2, -0.15) is 5.10 Å². The van der Waals surface area contributed by atoms with Gasteiger partial charge in [0.25, 0.3) is 11.6 Å². The average molecular weight is 248 g/mol. The Labute approximate surface area is 99.5 Å². The van der Waals surface area contributed by atoms with E-state index in [1.54, 1.807) is 0 Å². The van der Waals surface area contributed by atoms with E-state index >= 15 is 0 Å². The first-order valence-corrected chi connectivity index (χ1v) is 4.61. The third-order valence-electron chi connectivity index (χ3n) is 1.99. The normalized spacial score (nSPS) is 10.9. The van der Waals surface area contributed by atoms with Crippen LogP contribution in [-0.4, -0.2) is 31.5 Å². The molecule has 0 atom stereocenters. The van der Waals surface area contributed by atoms with Crippen LogP contribution in [0.25, 0.3) is 0 Å². The fourth-order valence-corrected chi connectivity index (χ4v) is 1.14. The number of nitro groups is 1. The molecule has 2 rings (SSSR count). The lowest BCUT2D eigenvalue weighted by atomic mass is 10.2. The molecule has 0 bridgehead atoms. The number of aromatic nitrogens is 4. The second kappa shape index (κ2) is 4.45. The van der Waals surface area contributed by atoms with Gasteiger partial charge >= 0.3 is 0 Å². The summed E-state index contributed by atoms with van der Waals surface area (Å²) in [5.74, 6) is -0.472. The Kier molecular flexibility index (Phi) is 2.83. The van der Waals surface area contributed by atoms with E-state index < -0.39 is 10.7 Å². The molecule has 92 valence electrons. The summed E-state index contributed by atoms with van der Waals surface area (Å²) in [6, 6.07) is 3.31. The van der Waals surface area contributed by atoms with Gasteiger partial charge in [0, 0.05) is 12.1 Å². The molecule has 0 aliphatic carbocycles. The summed E-state index contributed by atoms with van der Waals surface area (Å²) in [5.41, 5.74) is 5.18. The fraction of sp³-hybridized carbons (Fsp3) is 0. The van der Waals surface area contributed by atoms with Crippen LogP contribution in [0.4, 0.5) is 11.6 Å². The van der Waals surface area contributed by atoms with Crippen molar-refractivity contribution in [2.45, 2.75) is 0 Å². The van der Waals surface area contributed by atoms with Crippen molar-refractivity contribution in [3.05, 3.63) is 33.9 Å². The summed E-state index contributed by atoms with van der Waals surface area (Å²) in [6.07, 6.45) is 1.10. The minimum Gasteiger partial charge on any atom is -0.872 e. The summed E-state index contributed by atoms with van der Waals surface area (Å²) in [6.45, 7) is 0. The highest BCUT2D eigenvalue weighted by Gasteiger charge is 2.05. The quantitative estimate of drug-likeness (QED) is 0.421. The number of hydrogen-bond donors (Lipinski definition) is 1. The number of rotatable bonds is 3. The van der Waals surface area contributed by atoms with Crippen LogP contribution in [0.2, 0.25) is 0 Å². The van der Waals surface area contributed by atoms with Crippen LogP contribution in [0, 0.1) is 10.1 Å². The van der Waals surface area contributed by atoms with Crippen LogP contribution in [0.3, 0.4) is 0 Å². The molecule has 2 N–H and O–H groups in total. The van der Waals surface area contributed by atoms with Crippen molar-refractivity contribution in [1.82, 2.24) is 20.3 Å². The molecule has 10 nitrogen and oxygen atoms in total. The van der Waals surface area contributed by atoms with Crippen LogP contribution in [0.15, 0.2) is 23.3 Å². The van der Waals surface area contributed by atoms with Gasteiger partial charge in [0.15, 0.2) is 0 Å². The number of nitrogens with two attached hydrogens (primary N) is 1. The van der Waals surface area contributed by atoms with Crippen molar-refractivity contribution in [1.29, 1.82) is 0 Å². The Bertz CT molecular complexity index is 621. The van der Waals surface area contributed by atoms with Crippen LogP contribution in [0.5, 0.6) is 5.75 Å². The monoisotopic (exact) mass is 248 g/mol.